The molecule has 0 fully saturated rings. The van der Waals surface area contributed by atoms with Gasteiger partial charge >= 0.3 is 0 Å². The molecule has 0 radical (unpaired) electrons. The van der Waals surface area contributed by atoms with Crippen molar-refractivity contribution in [2.24, 2.45) is 0 Å². The van der Waals surface area contributed by atoms with Crippen LogP contribution in [-0.4, -0.2) is 32.6 Å². The van der Waals surface area contributed by atoms with Gasteiger partial charge in [0.25, 0.3) is 5.91 Å². The minimum Gasteiger partial charge on any atom is -0.346 e. The molecule has 114 valence electrons. The van der Waals surface area contributed by atoms with E-state index >= 15 is 0 Å². The molecule has 0 unspecified atom stereocenters. The Bertz CT molecular complexity index is 619. The van der Waals surface area contributed by atoms with Crippen LogP contribution in [0.2, 0.25) is 5.02 Å². The molecule has 0 aliphatic carbocycles. The molecule has 5 nitrogen and oxygen atoms in total. The number of nitrogens with one attached hydrogen (secondary N) is 1. The Hall–Kier alpha value is -0.700. The first-order valence-electron chi connectivity index (χ1n) is 6.18. The van der Waals surface area contributed by atoms with Crippen molar-refractivity contribution < 1.29 is 4.79 Å². The van der Waals surface area contributed by atoms with Crippen LogP contribution >= 0.6 is 46.7 Å². The molecule has 0 saturated carbocycles. The number of hydrogen-bond acceptors (Lipinski definition) is 6. The van der Waals surface area contributed by atoms with Gasteiger partial charge in [0.1, 0.15) is 5.03 Å². The number of rotatable bonds is 6. The molecule has 21 heavy (non-hydrogen) atoms. The summed E-state index contributed by atoms with van der Waals surface area (Å²) in [5.41, 5.74) is 1.46. The van der Waals surface area contributed by atoms with Gasteiger partial charge in [0, 0.05) is 6.54 Å². The standard InChI is InChI=1S/C12H15ClN4OS3/c1-4-17-8(7(13)5-15-17)6-14-10(18)9-11(19-2)16-21-12(9)20-3/h5H,4,6H2,1-3H3,(H,14,18). The SMILES string of the molecule is CCn1ncc(Cl)c1CNC(=O)c1c(SC)nsc1SC. The quantitative estimate of drug-likeness (QED) is 0.798. The van der Waals surface area contributed by atoms with E-state index in [1.54, 1.807) is 10.9 Å². The van der Waals surface area contributed by atoms with E-state index in [-0.39, 0.29) is 5.91 Å². The van der Waals surface area contributed by atoms with Crippen molar-refractivity contribution in [3.8, 4) is 0 Å². The van der Waals surface area contributed by atoms with Gasteiger partial charge in [-0.1, -0.05) is 11.6 Å². The largest absolute Gasteiger partial charge is 0.346 e. The number of carbonyl (C=O) groups is 1. The lowest BCUT2D eigenvalue weighted by Gasteiger charge is -2.08. The molecular weight excluding hydrogens is 348 g/mol. The first kappa shape index (κ1) is 16.7. The molecule has 0 spiro atoms. The van der Waals surface area contributed by atoms with Crippen LogP contribution in [-0.2, 0) is 13.1 Å². The molecular formula is C12H15ClN4OS3. The van der Waals surface area contributed by atoms with Gasteiger partial charge in [-0.2, -0.15) is 9.47 Å². The third-order valence-electron chi connectivity index (χ3n) is 2.85. The highest BCUT2D eigenvalue weighted by molar-refractivity contribution is 8.01. The zero-order valence-electron chi connectivity index (χ0n) is 11.8. The van der Waals surface area contributed by atoms with Gasteiger partial charge in [0.15, 0.2) is 0 Å². The zero-order valence-corrected chi connectivity index (χ0v) is 15.0. The molecule has 9 heteroatoms. The average molecular weight is 363 g/mol. The topological polar surface area (TPSA) is 59.8 Å². The van der Waals surface area contributed by atoms with Crippen LogP contribution in [0.3, 0.4) is 0 Å². The lowest BCUT2D eigenvalue weighted by atomic mass is 10.3. The Balaban J connectivity index is 2.15. The van der Waals surface area contributed by atoms with E-state index in [1.807, 2.05) is 19.4 Å². The molecule has 0 aliphatic rings. The van der Waals surface area contributed by atoms with E-state index in [1.165, 1.54) is 35.1 Å². The van der Waals surface area contributed by atoms with Crippen molar-refractivity contribution in [1.82, 2.24) is 19.5 Å². The van der Waals surface area contributed by atoms with Crippen molar-refractivity contribution in [3.05, 3.63) is 22.5 Å². The maximum absolute atomic E-state index is 12.4. The lowest BCUT2D eigenvalue weighted by molar-refractivity contribution is 0.0944. The highest BCUT2D eigenvalue weighted by Gasteiger charge is 2.20. The number of amides is 1. The molecule has 0 aliphatic heterocycles. The number of nitrogens with zero attached hydrogens (tertiary/aromatic N) is 3. The van der Waals surface area contributed by atoms with E-state index in [0.717, 1.165) is 14.9 Å². The number of carbonyl (C=O) groups excluding carboxylic acids is 1. The second-order valence-corrected chi connectivity index (χ2v) is 7.05. The van der Waals surface area contributed by atoms with Gasteiger partial charge in [-0.25, -0.2) is 0 Å². The summed E-state index contributed by atoms with van der Waals surface area (Å²) in [4.78, 5) is 12.4. The molecule has 2 aromatic heterocycles. The summed E-state index contributed by atoms with van der Waals surface area (Å²) in [6.07, 6.45) is 5.45. The highest BCUT2D eigenvalue weighted by atomic mass is 35.5. The molecule has 2 aromatic rings. The fourth-order valence-electron chi connectivity index (χ4n) is 1.82. The normalized spacial score (nSPS) is 10.9. The summed E-state index contributed by atoms with van der Waals surface area (Å²) in [5, 5.41) is 8.39. The first-order chi connectivity index (χ1) is 10.1. The molecule has 2 rings (SSSR count). The van der Waals surface area contributed by atoms with Crippen LogP contribution in [0, 0.1) is 0 Å². The summed E-state index contributed by atoms with van der Waals surface area (Å²) < 4.78 is 7.00. The Kier molecular flexibility index (Phi) is 5.98. The van der Waals surface area contributed by atoms with Gasteiger partial charge in [0.2, 0.25) is 0 Å². The van der Waals surface area contributed by atoms with Gasteiger partial charge in [0.05, 0.1) is 33.2 Å². The van der Waals surface area contributed by atoms with Crippen molar-refractivity contribution in [3.63, 3.8) is 0 Å². The van der Waals surface area contributed by atoms with E-state index in [9.17, 15) is 4.79 Å². The molecule has 0 saturated heterocycles. The third-order valence-corrected chi connectivity index (χ3v) is 5.90. The lowest BCUT2D eigenvalue weighted by Crippen LogP contribution is -2.25. The average Bonchev–Trinajstić information content (AvgIpc) is 3.07. The maximum Gasteiger partial charge on any atom is 0.256 e. The Morgan fingerprint density at radius 2 is 2.24 bits per heavy atom. The monoisotopic (exact) mass is 362 g/mol. The van der Waals surface area contributed by atoms with E-state index in [4.69, 9.17) is 11.6 Å². The fraction of sp³-hybridized carbons (Fsp3) is 0.417. The van der Waals surface area contributed by atoms with Gasteiger partial charge in [-0.15, -0.1) is 23.5 Å². The minimum atomic E-state index is -0.127. The summed E-state index contributed by atoms with van der Waals surface area (Å²) in [7, 11) is 0. The maximum atomic E-state index is 12.4. The third kappa shape index (κ3) is 3.56. The van der Waals surface area contributed by atoms with Crippen LogP contribution in [0.25, 0.3) is 0 Å². The zero-order chi connectivity index (χ0) is 15.4. The summed E-state index contributed by atoms with van der Waals surface area (Å²) in [5.74, 6) is -0.127. The first-order valence-corrected chi connectivity index (χ1v) is 9.78. The molecule has 1 amide bonds. The molecule has 0 bridgehead atoms. The Morgan fingerprint density at radius 1 is 1.48 bits per heavy atom. The summed E-state index contributed by atoms with van der Waals surface area (Å²) in [6, 6.07) is 0. The van der Waals surface area contributed by atoms with E-state index in [0.29, 0.717) is 23.7 Å². The van der Waals surface area contributed by atoms with Crippen molar-refractivity contribution in [2.75, 3.05) is 12.5 Å². The molecule has 0 atom stereocenters. The van der Waals surface area contributed by atoms with Crippen LogP contribution in [0.1, 0.15) is 23.0 Å². The number of thioether (sulfide) groups is 2. The van der Waals surface area contributed by atoms with Gasteiger partial charge < -0.3 is 5.32 Å². The second kappa shape index (κ2) is 7.53. The van der Waals surface area contributed by atoms with Crippen LogP contribution in [0.15, 0.2) is 15.4 Å². The number of aryl methyl sites for hydroxylation is 1. The Labute approximate surface area is 141 Å². The number of hydrogen-bond donors (Lipinski definition) is 1. The molecule has 0 aromatic carbocycles. The summed E-state index contributed by atoms with van der Waals surface area (Å²) >= 11 is 10.5. The number of aromatic nitrogens is 3. The number of halogens is 1. The van der Waals surface area contributed by atoms with Gasteiger partial charge in [-0.3, -0.25) is 9.48 Å². The smallest absolute Gasteiger partial charge is 0.256 e. The van der Waals surface area contributed by atoms with Crippen molar-refractivity contribution in [2.45, 2.75) is 29.2 Å². The predicted octanol–water partition coefficient (Wildman–Crippen LogP) is 3.39. The van der Waals surface area contributed by atoms with Gasteiger partial charge in [-0.05, 0) is 31.0 Å². The van der Waals surface area contributed by atoms with E-state index < -0.39 is 0 Å². The molecule has 2 heterocycles. The van der Waals surface area contributed by atoms with E-state index in [2.05, 4.69) is 14.8 Å². The fourth-order valence-corrected chi connectivity index (χ4v) is 4.31. The second-order valence-electron chi connectivity index (χ2n) is 4.00. The van der Waals surface area contributed by atoms with Crippen LogP contribution < -0.4 is 5.32 Å². The van der Waals surface area contributed by atoms with Crippen molar-refractivity contribution >= 4 is 52.6 Å². The summed E-state index contributed by atoms with van der Waals surface area (Å²) in [6.45, 7) is 3.04. The Morgan fingerprint density at radius 3 is 2.86 bits per heavy atom. The highest BCUT2D eigenvalue weighted by Crippen LogP contribution is 2.32. The van der Waals surface area contributed by atoms with Crippen LogP contribution in [0.4, 0.5) is 0 Å². The molecule has 1 N–H and O–H groups in total. The van der Waals surface area contributed by atoms with Crippen LogP contribution in [0.5, 0.6) is 0 Å². The predicted molar refractivity (Wildman–Crippen MR) is 89.8 cm³/mol. The minimum absolute atomic E-state index is 0.127. The van der Waals surface area contributed by atoms with Crippen molar-refractivity contribution in [1.29, 1.82) is 0 Å².